The summed E-state index contributed by atoms with van der Waals surface area (Å²) in [5, 5.41) is 0. The highest BCUT2D eigenvalue weighted by atomic mass is 16.1. The van der Waals surface area contributed by atoms with Crippen LogP contribution in [0.2, 0.25) is 0 Å². The number of carbonyl (C=O) groups is 1. The first kappa shape index (κ1) is 13.1. The fraction of sp³-hybridized carbons (Fsp3) is 0. The first-order valence-electron chi connectivity index (χ1n) is 6.84. The average molecular weight is 273 g/mol. The summed E-state index contributed by atoms with van der Waals surface area (Å²) in [4.78, 5) is 13.5. The van der Waals surface area contributed by atoms with E-state index in [0.29, 0.717) is 5.56 Å². The SMILES string of the molecule is O=Cc1ccccc1N(c1ccccc1)c1ccccc1. The van der Waals surface area contributed by atoms with Crippen LogP contribution < -0.4 is 4.90 Å². The highest BCUT2D eigenvalue weighted by molar-refractivity contribution is 5.90. The maximum Gasteiger partial charge on any atom is 0.152 e. The second-order valence-corrected chi connectivity index (χ2v) is 4.68. The van der Waals surface area contributed by atoms with E-state index < -0.39 is 0 Å². The van der Waals surface area contributed by atoms with Crippen LogP contribution in [0.25, 0.3) is 0 Å². The Labute approximate surface area is 124 Å². The van der Waals surface area contributed by atoms with Gasteiger partial charge in [-0.15, -0.1) is 0 Å². The van der Waals surface area contributed by atoms with Crippen molar-refractivity contribution in [2.75, 3.05) is 4.90 Å². The van der Waals surface area contributed by atoms with Gasteiger partial charge in [0.1, 0.15) is 0 Å². The molecule has 0 saturated carbocycles. The summed E-state index contributed by atoms with van der Waals surface area (Å²) >= 11 is 0. The van der Waals surface area contributed by atoms with E-state index in [1.165, 1.54) is 0 Å². The van der Waals surface area contributed by atoms with Gasteiger partial charge in [-0.25, -0.2) is 0 Å². The number of nitrogens with zero attached hydrogens (tertiary/aromatic N) is 1. The van der Waals surface area contributed by atoms with E-state index in [-0.39, 0.29) is 0 Å². The molecule has 0 saturated heterocycles. The first-order chi connectivity index (χ1) is 10.4. The van der Waals surface area contributed by atoms with Crippen molar-refractivity contribution in [1.82, 2.24) is 0 Å². The van der Waals surface area contributed by atoms with Gasteiger partial charge in [0.05, 0.1) is 5.69 Å². The summed E-state index contributed by atoms with van der Waals surface area (Å²) in [5.74, 6) is 0. The number of benzene rings is 3. The van der Waals surface area contributed by atoms with Gasteiger partial charge in [-0.2, -0.15) is 0 Å². The van der Waals surface area contributed by atoms with Crippen LogP contribution >= 0.6 is 0 Å². The molecule has 0 atom stereocenters. The molecule has 3 aromatic carbocycles. The molecule has 0 aliphatic rings. The molecule has 21 heavy (non-hydrogen) atoms. The van der Waals surface area contributed by atoms with Crippen LogP contribution in [0.1, 0.15) is 10.4 Å². The second-order valence-electron chi connectivity index (χ2n) is 4.68. The zero-order valence-electron chi connectivity index (χ0n) is 11.5. The van der Waals surface area contributed by atoms with Crippen LogP contribution in [0, 0.1) is 0 Å². The summed E-state index contributed by atoms with van der Waals surface area (Å²) in [6.07, 6.45) is 0.897. The van der Waals surface area contributed by atoms with Crippen molar-refractivity contribution in [3.05, 3.63) is 90.5 Å². The lowest BCUT2D eigenvalue weighted by Gasteiger charge is -2.26. The highest BCUT2D eigenvalue weighted by Crippen LogP contribution is 2.35. The van der Waals surface area contributed by atoms with Crippen LogP contribution in [0.4, 0.5) is 17.1 Å². The number of hydrogen-bond donors (Lipinski definition) is 0. The molecule has 3 aromatic rings. The lowest BCUT2D eigenvalue weighted by Crippen LogP contribution is -2.11. The topological polar surface area (TPSA) is 20.3 Å². The molecular formula is C19H15NO. The number of aldehydes is 1. The fourth-order valence-electron chi connectivity index (χ4n) is 2.37. The molecular weight excluding hydrogens is 258 g/mol. The number of hydrogen-bond acceptors (Lipinski definition) is 2. The molecule has 0 N–H and O–H groups in total. The van der Waals surface area contributed by atoms with Crippen LogP contribution in [0.5, 0.6) is 0 Å². The van der Waals surface area contributed by atoms with Gasteiger partial charge >= 0.3 is 0 Å². The molecule has 0 spiro atoms. The second kappa shape index (κ2) is 6.06. The number of rotatable bonds is 4. The molecule has 0 amide bonds. The van der Waals surface area contributed by atoms with Crippen molar-refractivity contribution in [2.24, 2.45) is 0 Å². The maximum absolute atomic E-state index is 11.4. The summed E-state index contributed by atoms with van der Waals surface area (Å²) in [6, 6.07) is 27.7. The first-order valence-corrected chi connectivity index (χ1v) is 6.84. The van der Waals surface area contributed by atoms with E-state index in [1.54, 1.807) is 0 Å². The average Bonchev–Trinajstić information content (AvgIpc) is 2.58. The smallest absolute Gasteiger partial charge is 0.152 e. The van der Waals surface area contributed by atoms with Gasteiger partial charge in [0.25, 0.3) is 0 Å². The molecule has 2 heteroatoms. The number of carbonyl (C=O) groups excluding carboxylic acids is 1. The van der Waals surface area contributed by atoms with Crippen molar-refractivity contribution in [1.29, 1.82) is 0 Å². The monoisotopic (exact) mass is 273 g/mol. The van der Waals surface area contributed by atoms with Gasteiger partial charge in [-0.3, -0.25) is 4.79 Å². The molecule has 0 aliphatic carbocycles. The molecule has 0 radical (unpaired) electrons. The Balaban J connectivity index is 2.20. The minimum absolute atomic E-state index is 0.671. The number of anilines is 3. The minimum Gasteiger partial charge on any atom is -0.310 e. The molecule has 0 aliphatic heterocycles. The van der Waals surface area contributed by atoms with Crippen LogP contribution in [-0.2, 0) is 0 Å². The summed E-state index contributed by atoms with van der Waals surface area (Å²) < 4.78 is 0. The van der Waals surface area contributed by atoms with E-state index in [0.717, 1.165) is 23.3 Å². The lowest BCUT2D eigenvalue weighted by atomic mass is 10.1. The third kappa shape index (κ3) is 2.70. The molecule has 0 aromatic heterocycles. The van der Waals surface area contributed by atoms with Crippen molar-refractivity contribution in [3.63, 3.8) is 0 Å². The third-order valence-corrected chi connectivity index (χ3v) is 3.33. The van der Waals surface area contributed by atoms with Gasteiger partial charge < -0.3 is 4.90 Å². The Morgan fingerprint density at radius 2 is 1.10 bits per heavy atom. The van der Waals surface area contributed by atoms with Gasteiger partial charge in [0.2, 0.25) is 0 Å². The van der Waals surface area contributed by atoms with Gasteiger partial charge in [-0.1, -0.05) is 48.5 Å². The van der Waals surface area contributed by atoms with E-state index in [9.17, 15) is 4.79 Å². The molecule has 0 unspecified atom stereocenters. The van der Waals surface area contributed by atoms with Crippen LogP contribution in [0.15, 0.2) is 84.9 Å². The summed E-state index contributed by atoms with van der Waals surface area (Å²) in [5.41, 5.74) is 3.60. The highest BCUT2D eigenvalue weighted by Gasteiger charge is 2.14. The lowest BCUT2D eigenvalue weighted by molar-refractivity contribution is 0.112. The maximum atomic E-state index is 11.4. The predicted octanol–water partition coefficient (Wildman–Crippen LogP) is 4.97. The molecule has 2 nitrogen and oxygen atoms in total. The van der Waals surface area contributed by atoms with E-state index in [4.69, 9.17) is 0 Å². The Bertz CT molecular complexity index is 683. The van der Waals surface area contributed by atoms with Gasteiger partial charge in [0.15, 0.2) is 6.29 Å². The third-order valence-electron chi connectivity index (χ3n) is 3.33. The minimum atomic E-state index is 0.671. The fourth-order valence-corrected chi connectivity index (χ4v) is 2.37. The Kier molecular flexibility index (Phi) is 3.79. The number of para-hydroxylation sites is 3. The molecule has 0 bridgehead atoms. The molecule has 0 fully saturated rings. The van der Waals surface area contributed by atoms with Crippen molar-refractivity contribution in [3.8, 4) is 0 Å². The van der Waals surface area contributed by atoms with Gasteiger partial charge in [0, 0.05) is 16.9 Å². The Morgan fingerprint density at radius 3 is 1.62 bits per heavy atom. The zero-order valence-corrected chi connectivity index (χ0v) is 11.5. The van der Waals surface area contributed by atoms with E-state index >= 15 is 0 Å². The molecule has 0 heterocycles. The zero-order chi connectivity index (χ0) is 14.5. The summed E-state index contributed by atoms with van der Waals surface area (Å²) in [7, 11) is 0. The van der Waals surface area contributed by atoms with Crippen LogP contribution in [0.3, 0.4) is 0 Å². The molecule has 102 valence electrons. The predicted molar refractivity (Wildman–Crippen MR) is 86.5 cm³/mol. The standard InChI is InChI=1S/C19H15NO/c21-15-16-9-7-8-14-19(16)20(17-10-3-1-4-11-17)18-12-5-2-6-13-18/h1-15H. The molecule has 3 rings (SSSR count). The summed E-state index contributed by atoms with van der Waals surface area (Å²) in [6.45, 7) is 0. The largest absolute Gasteiger partial charge is 0.310 e. The van der Waals surface area contributed by atoms with Crippen molar-refractivity contribution in [2.45, 2.75) is 0 Å². The van der Waals surface area contributed by atoms with Crippen LogP contribution in [-0.4, -0.2) is 6.29 Å². The normalized spacial score (nSPS) is 10.1. The Morgan fingerprint density at radius 1 is 0.619 bits per heavy atom. The van der Waals surface area contributed by atoms with Crippen molar-refractivity contribution < 1.29 is 4.79 Å². The van der Waals surface area contributed by atoms with Gasteiger partial charge in [-0.05, 0) is 36.4 Å². The Hall–Kier alpha value is -2.87. The van der Waals surface area contributed by atoms with E-state index in [2.05, 4.69) is 4.90 Å². The van der Waals surface area contributed by atoms with E-state index in [1.807, 2.05) is 84.9 Å². The van der Waals surface area contributed by atoms with Crippen molar-refractivity contribution >= 4 is 23.3 Å². The quantitative estimate of drug-likeness (QED) is 0.625.